The van der Waals surface area contributed by atoms with Crippen molar-refractivity contribution in [1.29, 1.82) is 0 Å². The van der Waals surface area contributed by atoms with E-state index in [2.05, 4.69) is 4.74 Å². The van der Waals surface area contributed by atoms with E-state index in [1.54, 1.807) is 12.1 Å². The van der Waals surface area contributed by atoms with Crippen molar-refractivity contribution >= 4 is 0 Å². The number of rotatable bonds is 3. The Morgan fingerprint density at radius 2 is 1.47 bits per heavy atom. The van der Waals surface area contributed by atoms with E-state index in [0.29, 0.717) is 5.75 Å². The fraction of sp³-hybridized carbons (Fsp3) is 0.385. The lowest BCUT2D eigenvalue weighted by Gasteiger charge is -2.21. The van der Waals surface area contributed by atoms with Crippen LogP contribution in [0.25, 0.3) is 0 Å². The van der Waals surface area contributed by atoms with Crippen LogP contribution < -0.4 is 9.47 Å². The maximum absolute atomic E-state index is 12.8. The first-order chi connectivity index (χ1) is 7.78. The van der Waals surface area contributed by atoms with E-state index in [-0.39, 0.29) is 11.4 Å². The molecule has 4 heteroatoms. The van der Waals surface area contributed by atoms with Gasteiger partial charge in [-0.15, -0.1) is 0 Å². The Bertz CT molecular complexity index is 398. The molecular formula is C13H16F2O2. The smallest absolute Gasteiger partial charge is 0.309 e. The predicted molar refractivity (Wildman–Crippen MR) is 62.4 cm³/mol. The van der Waals surface area contributed by atoms with E-state index in [4.69, 9.17) is 4.74 Å². The number of allylic oxidation sites excluding steroid dienone is 1. The molecule has 1 rings (SSSR count). The summed E-state index contributed by atoms with van der Waals surface area (Å²) < 4.78 is 35.5. The van der Waals surface area contributed by atoms with E-state index in [9.17, 15) is 8.78 Å². The SMILES string of the molecule is C/C(F)=C(/F)Oc1ccc(OC(C)(C)C)cc1. The van der Waals surface area contributed by atoms with Crippen LogP contribution in [0.1, 0.15) is 27.7 Å². The maximum atomic E-state index is 12.8. The molecule has 1 aromatic carbocycles. The van der Waals surface area contributed by atoms with Crippen LogP contribution in [0.5, 0.6) is 11.5 Å². The van der Waals surface area contributed by atoms with Gasteiger partial charge in [-0.2, -0.15) is 4.39 Å². The van der Waals surface area contributed by atoms with Crippen LogP contribution in [0.15, 0.2) is 36.1 Å². The second-order valence-electron chi connectivity index (χ2n) is 4.60. The lowest BCUT2D eigenvalue weighted by molar-refractivity contribution is 0.131. The summed E-state index contributed by atoms with van der Waals surface area (Å²) in [7, 11) is 0. The minimum atomic E-state index is -1.23. The van der Waals surface area contributed by atoms with Gasteiger partial charge in [-0.1, -0.05) is 0 Å². The van der Waals surface area contributed by atoms with Crippen LogP contribution in [-0.4, -0.2) is 5.60 Å². The van der Waals surface area contributed by atoms with Gasteiger partial charge in [-0.05, 0) is 52.0 Å². The molecule has 0 unspecified atom stereocenters. The molecule has 94 valence electrons. The average molecular weight is 242 g/mol. The number of ether oxygens (including phenoxy) is 2. The minimum Gasteiger partial charge on any atom is -0.488 e. The zero-order valence-electron chi connectivity index (χ0n) is 10.4. The maximum Gasteiger partial charge on any atom is 0.309 e. The van der Waals surface area contributed by atoms with Gasteiger partial charge in [0.1, 0.15) is 17.1 Å². The summed E-state index contributed by atoms with van der Waals surface area (Å²) in [5.41, 5.74) is -0.303. The van der Waals surface area contributed by atoms with Gasteiger partial charge in [-0.25, -0.2) is 4.39 Å². The molecular weight excluding hydrogens is 226 g/mol. The molecule has 0 atom stereocenters. The summed E-state index contributed by atoms with van der Waals surface area (Å²) in [5, 5.41) is 0. The lowest BCUT2D eigenvalue weighted by atomic mass is 10.2. The van der Waals surface area contributed by atoms with Crippen LogP contribution >= 0.6 is 0 Å². The van der Waals surface area contributed by atoms with Crippen LogP contribution in [0.2, 0.25) is 0 Å². The molecule has 0 amide bonds. The molecule has 0 aliphatic carbocycles. The van der Waals surface area contributed by atoms with Crippen LogP contribution in [0, 0.1) is 0 Å². The van der Waals surface area contributed by atoms with Gasteiger partial charge in [0.15, 0.2) is 5.83 Å². The van der Waals surface area contributed by atoms with E-state index >= 15 is 0 Å². The van der Waals surface area contributed by atoms with Gasteiger partial charge in [0.25, 0.3) is 0 Å². The quantitative estimate of drug-likeness (QED) is 0.733. The molecule has 0 spiro atoms. The number of benzene rings is 1. The fourth-order valence-electron chi connectivity index (χ4n) is 1.10. The van der Waals surface area contributed by atoms with E-state index in [1.807, 2.05) is 20.8 Å². The van der Waals surface area contributed by atoms with Crippen molar-refractivity contribution < 1.29 is 18.3 Å². The Morgan fingerprint density at radius 3 is 1.88 bits per heavy atom. The van der Waals surface area contributed by atoms with Crippen molar-refractivity contribution in [3.05, 3.63) is 36.1 Å². The van der Waals surface area contributed by atoms with Crippen LogP contribution in [-0.2, 0) is 0 Å². The Labute approximate surface area is 99.9 Å². The summed E-state index contributed by atoms with van der Waals surface area (Å²) >= 11 is 0. The lowest BCUT2D eigenvalue weighted by Crippen LogP contribution is -2.22. The number of halogens is 2. The van der Waals surface area contributed by atoms with Gasteiger partial charge in [-0.3, -0.25) is 0 Å². The van der Waals surface area contributed by atoms with E-state index in [1.165, 1.54) is 12.1 Å². The van der Waals surface area contributed by atoms with Crippen molar-refractivity contribution in [2.75, 3.05) is 0 Å². The molecule has 0 aromatic heterocycles. The molecule has 0 radical (unpaired) electrons. The van der Waals surface area contributed by atoms with Gasteiger partial charge in [0.05, 0.1) is 0 Å². The minimum absolute atomic E-state index is 0.223. The van der Waals surface area contributed by atoms with Gasteiger partial charge in [0.2, 0.25) is 0 Å². The highest BCUT2D eigenvalue weighted by atomic mass is 19.2. The summed E-state index contributed by atoms with van der Waals surface area (Å²) in [6.45, 7) is 6.76. The molecule has 17 heavy (non-hydrogen) atoms. The molecule has 0 heterocycles. The zero-order chi connectivity index (χ0) is 13.1. The van der Waals surface area contributed by atoms with E-state index in [0.717, 1.165) is 6.92 Å². The molecule has 0 fully saturated rings. The van der Waals surface area contributed by atoms with Crippen molar-refractivity contribution in [2.24, 2.45) is 0 Å². The Hall–Kier alpha value is -1.58. The summed E-state index contributed by atoms with van der Waals surface area (Å²) in [4.78, 5) is 0. The fourth-order valence-corrected chi connectivity index (χ4v) is 1.10. The molecule has 0 saturated carbocycles. The third-order valence-corrected chi connectivity index (χ3v) is 1.73. The number of hydrogen-bond acceptors (Lipinski definition) is 2. The summed E-state index contributed by atoms with van der Waals surface area (Å²) in [6, 6.07) is 5.09. The Morgan fingerprint density at radius 1 is 1.00 bits per heavy atom. The highest BCUT2D eigenvalue weighted by Gasteiger charge is 2.11. The van der Waals surface area contributed by atoms with Crippen molar-refractivity contribution in [3.8, 4) is 11.5 Å². The van der Waals surface area contributed by atoms with Crippen molar-refractivity contribution in [2.45, 2.75) is 33.3 Å². The first-order valence-corrected chi connectivity index (χ1v) is 5.27. The largest absolute Gasteiger partial charge is 0.488 e. The van der Waals surface area contributed by atoms with Crippen LogP contribution in [0.3, 0.4) is 0 Å². The predicted octanol–water partition coefficient (Wildman–Crippen LogP) is 4.37. The first kappa shape index (κ1) is 13.5. The van der Waals surface area contributed by atoms with Crippen LogP contribution in [0.4, 0.5) is 8.78 Å². The molecule has 0 aliphatic rings. The van der Waals surface area contributed by atoms with Gasteiger partial charge in [0, 0.05) is 0 Å². The highest BCUT2D eigenvalue weighted by molar-refractivity contribution is 5.32. The van der Waals surface area contributed by atoms with Gasteiger partial charge < -0.3 is 9.47 Å². The summed E-state index contributed by atoms with van der Waals surface area (Å²) in [6.07, 6.45) is 0. The average Bonchev–Trinajstić information content (AvgIpc) is 2.18. The second-order valence-corrected chi connectivity index (χ2v) is 4.60. The molecule has 0 saturated heterocycles. The zero-order valence-corrected chi connectivity index (χ0v) is 10.4. The van der Waals surface area contributed by atoms with E-state index < -0.39 is 11.8 Å². The third-order valence-electron chi connectivity index (χ3n) is 1.73. The normalized spacial score (nSPS) is 13.1. The second kappa shape index (κ2) is 5.17. The first-order valence-electron chi connectivity index (χ1n) is 5.27. The molecule has 1 aromatic rings. The molecule has 0 bridgehead atoms. The molecule has 0 N–H and O–H groups in total. The third kappa shape index (κ3) is 4.85. The molecule has 0 aliphatic heterocycles. The number of hydrogen-bond donors (Lipinski definition) is 0. The Kier molecular flexibility index (Phi) is 4.10. The summed E-state index contributed by atoms with van der Waals surface area (Å²) in [5.74, 6) is -0.119. The monoisotopic (exact) mass is 242 g/mol. The van der Waals surface area contributed by atoms with Crippen molar-refractivity contribution in [1.82, 2.24) is 0 Å². The standard InChI is InChI=1S/C13H16F2O2/c1-9(14)12(15)16-10-5-7-11(8-6-10)17-13(2,3)4/h5-8H,1-4H3/b12-9+. The molecule has 2 nitrogen and oxygen atoms in total. The van der Waals surface area contributed by atoms with Gasteiger partial charge >= 0.3 is 6.01 Å². The highest BCUT2D eigenvalue weighted by Crippen LogP contribution is 2.23. The topological polar surface area (TPSA) is 18.5 Å². The Balaban J connectivity index is 2.72. The van der Waals surface area contributed by atoms with Crippen molar-refractivity contribution in [3.63, 3.8) is 0 Å².